The van der Waals surface area contributed by atoms with E-state index in [1.165, 1.54) is 5.56 Å². The molecule has 0 saturated heterocycles. The van der Waals surface area contributed by atoms with Crippen LogP contribution in [0.15, 0.2) is 53.2 Å². The first kappa shape index (κ1) is 8.95. The van der Waals surface area contributed by atoms with Crippen molar-refractivity contribution in [2.45, 2.75) is 13.3 Å². The molecule has 0 aromatic heterocycles. The van der Waals surface area contributed by atoms with E-state index in [2.05, 4.69) is 42.3 Å². The van der Waals surface area contributed by atoms with Crippen molar-refractivity contribution in [2.24, 2.45) is 4.99 Å². The zero-order chi connectivity index (χ0) is 9.80. The summed E-state index contributed by atoms with van der Waals surface area (Å²) in [7, 11) is 0. The number of hydrogen-bond acceptors (Lipinski definition) is 1. The molecule has 1 nitrogen and oxygen atoms in total. The standard InChI is InChI=1S/C13H13N/c1-11-6-8-12(9-7-11)10-14-13-4-2-3-5-13/h2-4,6-10H,5H2,1H3. The predicted molar refractivity (Wildman–Crippen MR) is 60.6 cm³/mol. The molecule has 0 unspecified atom stereocenters. The smallest absolute Gasteiger partial charge is 0.0441 e. The maximum absolute atomic E-state index is 4.40. The second-order valence-corrected chi connectivity index (χ2v) is 3.46. The maximum atomic E-state index is 4.40. The second kappa shape index (κ2) is 4.05. The average molecular weight is 183 g/mol. The normalized spacial score (nSPS) is 15.1. The van der Waals surface area contributed by atoms with E-state index in [-0.39, 0.29) is 0 Å². The molecule has 1 aliphatic rings. The predicted octanol–water partition coefficient (Wildman–Crippen LogP) is 3.26. The van der Waals surface area contributed by atoms with E-state index in [9.17, 15) is 0 Å². The molecule has 0 atom stereocenters. The Bertz CT molecular complexity index is 394. The molecule has 1 heteroatoms. The lowest BCUT2D eigenvalue weighted by molar-refractivity contribution is 1.20. The van der Waals surface area contributed by atoms with Gasteiger partial charge in [-0.05, 0) is 18.6 Å². The molecule has 0 saturated carbocycles. The first-order valence-corrected chi connectivity index (χ1v) is 4.81. The molecule has 1 aromatic carbocycles. The molecule has 0 N–H and O–H groups in total. The third kappa shape index (κ3) is 2.19. The average Bonchev–Trinajstić information content (AvgIpc) is 2.70. The van der Waals surface area contributed by atoms with Crippen LogP contribution in [0.25, 0.3) is 0 Å². The fourth-order valence-electron chi connectivity index (χ4n) is 1.34. The van der Waals surface area contributed by atoms with Gasteiger partial charge in [-0.1, -0.05) is 42.0 Å². The van der Waals surface area contributed by atoms with Gasteiger partial charge in [0.05, 0.1) is 0 Å². The zero-order valence-corrected chi connectivity index (χ0v) is 8.27. The van der Waals surface area contributed by atoms with Crippen LogP contribution in [0.1, 0.15) is 17.5 Å². The quantitative estimate of drug-likeness (QED) is 0.624. The Morgan fingerprint density at radius 3 is 2.64 bits per heavy atom. The van der Waals surface area contributed by atoms with E-state index < -0.39 is 0 Å². The van der Waals surface area contributed by atoms with Gasteiger partial charge in [0.2, 0.25) is 0 Å². The summed E-state index contributed by atoms with van der Waals surface area (Å²) in [4.78, 5) is 4.40. The van der Waals surface area contributed by atoms with Crippen LogP contribution in [-0.4, -0.2) is 6.21 Å². The number of aliphatic imine (C=N–C) groups is 1. The van der Waals surface area contributed by atoms with Gasteiger partial charge in [0.15, 0.2) is 0 Å². The van der Waals surface area contributed by atoms with Crippen LogP contribution in [-0.2, 0) is 0 Å². The summed E-state index contributed by atoms with van der Waals surface area (Å²) < 4.78 is 0. The van der Waals surface area contributed by atoms with Crippen LogP contribution in [0.4, 0.5) is 0 Å². The highest BCUT2D eigenvalue weighted by Crippen LogP contribution is 2.11. The molecule has 70 valence electrons. The van der Waals surface area contributed by atoms with Crippen LogP contribution in [0.5, 0.6) is 0 Å². The highest BCUT2D eigenvalue weighted by atomic mass is 14.7. The fourth-order valence-corrected chi connectivity index (χ4v) is 1.34. The SMILES string of the molecule is Cc1ccc(C=NC2=CC=CC2)cc1. The molecule has 0 bridgehead atoms. The number of aryl methyl sites for hydroxylation is 1. The van der Waals surface area contributed by atoms with Crippen molar-refractivity contribution in [2.75, 3.05) is 0 Å². The van der Waals surface area contributed by atoms with Gasteiger partial charge in [0, 0.05) is 18.3 Å². The zero-order valence-electron chi connectivity index (χ0n) is 8.27. The Morgan fingerprint density at radius 2 is 2.00 bits per heavy atom. The van der Waals surface area contributed by atoms with Gasteiger partial charge < -0.3 is 0 Å². The van der Waals surface area contributed by atoms with Crippen LogP contribution in [0.3, 0.4) is 0 Å². The van der Waals surface area contributed by atoms with E-state index in [0.717, 1.165) is 17.7 Å². The van der Waals surface area contributed by atoms with Gasteiger partial charge >= 0.3 is 0 Å². The van der Waals surface area contributed by atoms with Crippen molar-refractivity contribution in [3.8, 4) is 0 Å². The number of nitrogens with zero attached hydrogens (tertiary/aromatic N) is 1. The third-order valence-electron chi connectivity index (χ3n) is 2.21. The van der Waals surface area contributed by atoms with Gasteiger partial charge in [-0.15, -0.1) is 0 Å². The van der Waals surface area contributed by atoms with Crippen LogP contribution in [0.2, 0.25) is 0 Å². The Hall–Kier alpha value is -1.63. The Morgan fingerprint density at radius 1 is 1.21 bits per heavy atom. The summed E-state index contributed by atoms with van der Waals surface area (Å²) in [6.07, 6.45) is 9.08. The fraction of sp³-hybridized carbons (Fsp3) is 0.154. The second-order valence-electron chi connectivity index (χ2n) is 3.46. The minimum absolute atomic E-state index is 0.961. The van der Waals surface area contributed by atoms with Crippen LogP contribution >= 0.6 is 0 Å². The largest absolute Gasteiger partial charge is 0.260 e. The first-order valence-electron chi connectivity index (χ1n) is 4.81. The van der Waals surface area contributed by atoms with Gasteiger partial charge in [-0.2, -0.15) is 0 Å². The summed E-state index contributed by atoms with van der Waals surface area (Å²) in [5.41, 5.74) is 3.57. The van der Waals surface area contributed by atoms with Crippen molar-refractivity contribution in [3.05, 3.63) is 59.3 Å². The highest BCUT2D eigenvalue weighted by molar-refractivity contribution is 5.80. The van der Waals surface area contributed by atoms with E-state index in [0.29, 0.717) is 0 Å². The molecule has 1 aliphatic carbocycles. The molecular formula is C13H13N. The van der Waals surface area contributed by atoms with Crippen molar-refractivity contribution in [1.82, 2.24) is 0 Å². The Balaban J connectivity index is 2.07. The van der Waals surface area contributed by atoms with Crippen LogP contribution in [0, 0.1) is 6.92 Å². The van der Waals surface area contributed by atoms with Gasteiger partial charge in [0.1, 0.15) is 0 Å². The molecule has 2 rings (SSSR count). The summed E-state index contributed by atoms with van der Waals surface area (Å²) in [5, 5.41) is 0. The molecule has 0 aliphatic heterocycles. The molecule has 0 radical (unpaired) electrons. The number of benzene rings is 1. The van der Waals surface area contributed by atoms with Crippen molar-refractivity contribution in [1.29, 1.82) is 0 Å². The molecule has 1 aromatic rings. The first-order chi connectivity index (χ1) is 6.84. The maximum Gasteiger partial charge on any atom is 0.0441 e. The van der Waals surface area contributed by atoms with E-state index in [4.69, 9.17) is 0 Å². The molecule has 14 heavy (non-hydrogen) atoms. The van der Waals surface area contributed by atoms with Crippen molar-refractivity contribution >= 4 is 6.21 Å². The highest BCUT2D eigenvalue weighted by Gasteiger charge is 1.94. The molecule has 0 heterocycles. The number of hydrogen-bond donors (Lipinski definition) is 0. The summed E-state index contributed by atoms with van der Waals surface area (Å²) >= 11 is 0. The molecular weight excluding hydrogens is 170 g/mol. The summed E-state index contributed by atoms with van der Waals surface area (Å²) in [5.74, 6) is 0. The van der Waals surface area contributed by atoms with E-state index in [1.807, 2.05) is 18.4 Å². The summed E-state index contributed by atoms with van der Waals surface area (Å²) in [6, 6.07) is 8.37. The monoisotopic (exact) mass is 183 g/mol. The summed E-state index contributed by atoms with van der Waals surface area (Å²) in [6.45, 7) is 2.09. The third-order valence-corrected chi connectivity index (χ3v) is 2.21. The molecule has 0 fully saturated rings. The van der Waals surface area contributed by atoms with Gasteiger partial charge in [0.25, 0.3) is 0 Å². The van der Waals surface area contributed by atoms with E-state index in [1.54, 1.807) is 0 Å². The Kier molecular flexibility index (Phi) is 2.59. The minimum atomic E-state index is 0.961. The van der Waals surface area contributed by atoms with Crippen molar-refractivity contribution in [3.63, 3.8) is 0 Å². The number of allylic oxidation sites excluding steroid dienone is 3. The molecule has 0 spiro atoms. The lowest BCUT2D eigenvalue weighted by Crippen LogP contribution is -1.82. The lowest BCUT2D eigenvalue weighted by atomic mass is 10.2. The lowest BCUT2D eigenvalue weighted by Gasteiger charge is -1.94. The molecule has 0 amide bonds. The van der Waals surface area contributed by atoms with Gasteiger partial charge in [-0.3, -0.25) is 4.99 Å². The van der Waals surface area contributed by atoms with Gasteiger partial charge in [-0.25, -0.2) is 0 Å². The number of rotatable bonds is 2. The van der Waals surface area contributed by atoms with E-state index >= 15 is 0 Å². The Labute approximate surface area is 84.5 Å². The minimum Gasteiger partial charge on any atom is -0.260 e. The topological polar surface area (TPSA) is 12.4 Å². The van der Waals surface area contributed by atoms with Crippen molar-refractivity contribution < 1.29 is 0 Å². The van der Waals surface area contributed by atoms with Crippen LogP contribution < -0.4 is 0 Å².